The van der Waals surface area contributed by atoms with E-state index in [1.807, 2.05) is 38.1 Å². The highest BCUT2D eigenvalue weighted by Crippen LogP contribution is 2.27. The van der Waals surface area contributed by atoms with Gasteiger partial charge in [0.25, 0.3) is 0 Å². The fourth-order valence-electron chi connectivity index (χ4n) is 2.89. The van der Waals surface area contributed by atoms with Gasteiger partial charge in [-0.2, -0.15) is 0 Å². The summed E-state index contributed by atoms with van der Waals surface area (Å²) >= 11 is 0. The molecule has 1 atom stereocenters. The third-order valence-corrected chi connectivity index (χ3v) is 4.26. The average molecular weight is 356 g/mol. The second-order valence-electron chi connectivity index (χ2n) is 7.07. The van der Waals surface area contributed by atoms with Crippen molar-refractivity contribution >= 4 is 18.3 Å². The van der Waals surface area contributed by atoms with Gasteiger partial charge in [-0.05, 0) is 56.5 Å². The zero-order valence-electron chi connectivity index (χ0n) is 14.9. The topological polar surface area (TPSA) is 67.6 Å². The number of rotatable bonds is 7. The van der Waals surface area contributed by atoms with Crippen LogP contribution in [-0.2, 0) is 11.3 Å². The molecule has 24 heavy (non-hydrogen) atoms. The van der Waals surface area contributed by atoms with E-state index in [1.165, 1.54) is 0 Å². The first-order valence-electron chi connectivity index (χ1n) is 8.35. The van der Waals surface area contributed by atoms with Crippen LogP contribution in [0.1, 0.15) is 32.8 Å². The lowest BCUT2D eigenvalue weighted by Crippen LogP contribution is -2.38. The third-order valence-electron chi connectivity index (χ3n) is 4.26. The van der Waals surface area contributed by atoms with Crippen molar-refractivity contribution in [1.29, 1.82) is 0 Å². The Labute approximate surface area is 151 Å². The second kappa shape index (κ2) is 9.25. The maximum absolute atomic E-state index is 12.1. The van der Waals surface area contributed by atoms with E-state index >= 15 is 0 Å². The smallest absolute Gasteiger partial charge is 0.234 e. The molecule has 0 spiro atoms. The van der Waals surface area contributed by atoms with Crippen molar-refractivity contribution in [1.82, 2.24) is 10.2 Å². The van der Waals surface area contributed by atoms with Crippen LogP contribution in [0, 0.1) is 5.41 Å². The van der Waals surface area contributed by atoms with Crippen LogP contribution in [0.3, 0.4) is 0 Å². The number of amides is 1. The molecule has 1 heterocycles. The highest BCUT2D eigenvalue weighted by molar-refractivity contribution is 5.85. The van der Waals surface area contributed by atoms with Crippen LogP contribution in [-0.4, -0.2) is 43.1 Å². The lowest BCUT2D eigenvalue weighted by atomic mass is 9.90. The summed E-state index contributed by atoms with van der Waals surface area (Å²) in [4.78, 5) is 14.3. The Morgan fingerprint density at radius 2 is 2.21 bits per heavy atom. The zero-order valence-corrected chi connectivity index (χ0v) is 15.7. The third kappa shape index (κ3) is 6.30. The number of hydrogen-bond donors (Lipinski definition) is 2. The monoisotopic (exact) mass is 355 g/mol. The first-order valence-corrected chi connectivity index (χ1v) is 8.35. The molecule has 1 aliphatic rings. The molecule has 136 valence electrons. The number of likely N-dealkylation sites (tertiary alicyclic amines) is 1. The van der Waals surface area contributed by atoms with Crippen molar-refractivity contribution < 1.29 is 9.53 Å². The standard InChI is InChI=1S/C18H29N3O2.ClH/c1-14(2)23-16-6-4-5-15(9-16)10-20-17(22)11-21-8-7-18(3,12-19)13-21;/h4-6,9,14H,7-8,10-13,19H2,1-3H3,(H,20,22);1H. The molecule has 1 aliphatic heterocycles. The molecule has 1 amide bonds. The van der Waals surface area contributed by atoms with E-state index in [0.29, 0.717) is 19.6 Å². The molecule has 0 saturated carbocycles. The van der Waals surface area contributed by atoms with E-state index in [2.05, 4.69) is 17.1 Å². The van der Waals surface area contributed by atoms with E-state index < -0.39 is 0 Å². The number of carbonyl (C=O) groups excluding carboxylic acids is 1. The molecule has 0 radical (unpaired) electrons. The molecule has 1 aromatic carbocycles. The number of nitrogens with two attached hydrogens (primary N) is 1. The number of nitrogens with zero attached hydrogens (tertiary/aromatic N) is 1. The van der Waals surface area contributed by atoms with Crippen LogP contribution in [0.5, 0.6) is 5.75 Å². The first kappa shape index (κ1) is 20.7. The predicted molar refractivity (Wildman–Crippen MR) is 99.5 cm³/mol. The molecule has 5 nitrogen and oxygen atoms in total. The number of carbonyl (C=O) groups is 1. The van der Waals surface area contributed by atoms with Crippen molar-refractivity contribution in [3.05, 3.63) is 29.8 Å². The van der Waals surface area contributed by atoms with Crippen molar-refractivity contribution in [2.75, 3.05) is 26.2 Å². The highest BCUT2D eigenvalue weighted by Gasteiger charge is 2.32. The van der Waals surface area contributed by atoms with Crippen LogP contribution < -0.4 is 15.8 Å². The van der Waals surface area contributed by atoms with Gasteiger partial charge in [-0.25, -0.2) is 0 Å². The Balaban J connectivity index is 0.00000288. The minimum atomic E-state index is 0. The van der Waals surface area contributed by atoms with Gasteiger partial charge >= 0.3 is 0 Å². The van der Waals surface area contributed by atoms with Crippen LogP contribution in [0.25, 0.3) is 0 Å². The van der Waals surface area contributed by atoms with E-state index in [0.717, 1.165) is 30.8 Å². The van der Waals surface area contributed by atoms with Gasteiger partial charge in [0.15, 0.2) is 0 Å². The molecule has 0 bridgehead atoms. The van der Waals surface area contributed by atoms with Gasteiger partial charge < -0.3 is 15.8 Å². The summed E-state index contributed by atoms with van der Waals surface area (Å²) in [5.74, 6) is 0.895. The number of nitrogens with one attached hydrogen (secondary N) is 1. The molecule has 1 aromatic rings. The summed E-state index contributed by atoms with van der Waals surface area (Å²) in [5.41, 5.74) is 7.01. The van der Waals surface area contributed by atoms with Crippen molar-refractivity contribution in [3.63, 3.8) is 0 Å². The summed E-state index contributed by atoms with van der Waals surface area (Å²) in [6, 6.07) is 7.85. The highest BCUT2D eigenvalue weighted by atomic mass is 35.5. The zero-order chi connectivity index (χ0) is 16.9. The minimum absolute atomic E-state index is 0. The molecule has 3 N–H and O–H groups in total. The maximum Gasteiger partial charge on any atom is 0.234 e. The molecule has 6 heteroatoms. The van der Waals surface area contributed by atoms with Crippen LogP contribution in [0.2, 0.25) is 0 Å². The van der Waals surface area contributed by atoms with Crippen molar-refractivity contribution in [3.8, 4) is 5.75 Å². The van der Waals surface area contributed by atoms with Crippen LogP contribution in [0.15, 0.2) is 24.3 Å². The summed E-state index contributed by atoms with van der Waals surface area (Å²) in [7, 11) is 0. The normalized spacial score (nSPS) is 20.7. The number of hydrogen-bond acceptors (Lipinski definition) is 4. The van der Waals surface area contributed by atoms with Gasteiger partial charge in [0, 0.05) is 13.1 Å². The van der Waals surface area contributed by atoms with Gasteiger partial charge in [0.1, 0.15) is 5.75 Å². The largest absolute Gasteiger partial charge is 0.491 e. The number of ether oxygens (including phenoxy) is 1. The Morgan fingerprint density at radius 1 is 1.46 bits per heavy atom. The molecule has 2 rings (SSSR count). The molecule has 1 unspecified atom stereocenters. The molecule has 1 saturated heterocycles. The predicted octanol–water partition coefficient (Wildman–Crippen LogP) is 2.18. The molecule has 0 aromatic heterocycles. The quantitative estimate of drug-likeness (QED) is 0.786. The van der Waals surface area contributed by atoms with E-state index in [9.17, 15) is 4.79 Å². The summed E-state index contributed by atoms with van der Waals surface area (Å²) < 4.78 is 5.67. The maximum atomic E-state index is 12.1. The van der Waals surface area contributed by atoms with E-state index in [-0.39, 0.29) is 29.8 Å². The van der Waals surface area contributed by atoms with Gasteiger partial charge in [-0.15, -0.1) is 12.4 Å². The number of benzene rings is 1. The van der Waals surface area contributed by atoms with Crippen molar-refractivity contribution in [2.45, 2.75) is 39.8 Å². The lowest BCUT2D eigenvalue weighted by molar-refractivity contribution is -0.122. The molecular formula is C18H30ClN3O2. The fraction of sp³-hybridized carbons (Fsp3) is 0.611. The molecular weight excluding hydrogens is 326 g/mol. The summed E-state index contributed by atoms with van der Waals surface area (Å²) in [6.45, 7) is 9.67. The SMILES string of the molecule is CC(C)Oc1cccc(CNC(=O)CN2CCC(C)(CN)C2)c1.Cl. The minimum Gasteiger partial charge on any atom is -0.491 e. The summed E-state index contributed by atoms with van der Waals surface area (Å²) in [5, 5.41) is 2.98. The van der Waals surface area contributed by atoms with Gasteiger partial charge in [-0.1, -0.05) is 19.1 Å². The van der Waals surface area contributed by atoms with Crippen LogP contribution in [0.4, 0.5) is 0 Å². The lowest BCUT2D eigenvalue weighted by Gasteiger charge is -2.22. The Morgan fingerprint density at radius 3 is 2.83 bits per heavy atom. The van der Waals surface area contributed by atoms with Gasteiger partial charge in [-0.3, -0.25) is 9.69 Å². The van der Waals surface area contributed by atoms with Gasteiger partial charge in [0.2, 0.25) is 5.91 Å². The first-order chi connectivity index (χ1) is 10.9. The fourth-order valence-corrected chi connectivity index (χ4v) is 2.89. The Bertz CT molecular complexity index is 539. The van der Waals surface area contributed by atoms with Crippen molar-refractivity contribution in [2.24, 2.45) is 11.1 Å². The summed E-state index contributed by atoms with van der Waals surface area (Å²) in [6.07, 6.45) is 1.21. The molecule has 1 fully saturated rings. The van der Waals surface area contributed by atoms with E-state index in [1.54, 1.807) is 0 Å². The van der Waals surface area contributed by atoms with E-state index in [4.69, 9.17) is 10.5 Å². The average Bonchev–Trinajstić information content (AvgIpc) is 2.87. The molecule has 0 aliphatic carbocycles. The van der Waals surface area contributed by atoms with Crippen LogP contribution >= 0.6 is 12.4 Å². The Kier molecular flexibility index (Phi) is 8.00. The Hall–Kier alpha value is -1.30. The van der Waals surface area contributed by atoms with Gasteiger partial charge in [0.05, 0.1) is 12.6 Å². The number of halogens is 1. The second-order valence-corrected chi connectivity index (χ2v) is 7.07.